The van der Waals surface area contributed by atoms with Crippen LogP contribution in [0.3, 0.4) is 0 Å². The Morgan fingerprint density at radius 1 is 0.872 bits per heavy atom. The normalized spacial score (nSPS) is 12.2. The molecule has 0 saturated heterocycles. The summed E-state index contributed by atoms with van der Waals surface area (Å²) >= 11 is 18.5. The first-order valence-electron chi connectivity index (χ1n) is 12.2. The lowest BCUT2D eigenvalue weighted by Gasteiger charge is -2.32. The average molecular weight is 611 g/mol. The number of carbonyl (C=O) groups is 2. The average Bonchev–Trinajstić information content (AvgIpc) is 2.86. The van der Waals surface area contributed by atoms with E-state index in [4.69, 9.17) is 34.8 Å². The van der Waals surface area contributed by atoms with Gasteiger partial charge in [-0.1, -0.05) is 58.6 Å². The molecule has 208 valence electrons. The molecule has 0 radical (unpaired) electrons. The molecule has 11 heteroatoms. The van der Waals surface area contributed by atoms with Gasteiger partial charge >= 0.3 is 0 Å². The third-order valence-electron chi connectivity index (χ3n) is 5.96. The Morgan fingerprint density at radius 2 is 1.46 bits per heavy atom. The van der Waals surface area contributed by atoms with Crippen LogP contribution in [0.15, 0.2) is 71.6 Å². The van der Waals surface area contributed by atoms with Crippen molar-refractivity contribution in [3.05, 3.63) is 92.9 Å². The van der Waals surface area contributed by atoms with Crippen molar-refractivity contribution in [2.45, 2.75) is 51.2 Å². The predicted octanol–water partition coefficient (Wildman–Crippen LogP) is 6.09. The van der Waals surface area contributed by atoms with Crippen LogP contribution in [0.1, 0.15) is 31.9 Å². The van der Waals surface area contributed by atoms with Crippen molar-refractivity contribution < 1.29 is 18.0 Å². The summed E-state index contributed by atoms with van der Waals surface area (Å²) in [5, 5.41) is 3.96. The van der Waals surface area contributed by atoms with Gasteiger partial charge in [-0.3, -0.25) is 13.9 Å². The van der Waals surface area contributed by atoms with E-state index in [2.05, 4.69) is 5.32 Å². The van der Waals surface area contributed by atoms with Crippen molar-refractivity contribution in [2.24, 2.45) is 0 Å². The van der Waals surface area contributed by atoms with E-state index in [9.17, 15) is 18.0 Å². The molecule has 0 aromatic heterocycles. The number of anilines is 1. The minimum absolute atomic E-state index is 0.0220. The number of rotatable bonds is 10. The number of hydrogen-bond donors (Lipinski definition) is 1. The van der Waals surface area contributed by atoms with Gasteiger partial charge in [0.1, 0.15) is 12.6 Å². The fraction of sp³-hybridized carbons (Fsp3) is 0.286. The first kappa shape index (κ1) is 30.8. The summed E-state index contributed by atoms with van der Waals surface area (Å²) in [4.78, 5) is 28.2. The number of halogens is 3. The van der Waals surface area contributed by atoms with Gasteiger partial charge in [-0.2, -0.15) is 0 Å². The molecular formula is C28H30Cl3N3O4S. The molecule has 0 bridgehead atoms. The Kier molecular flexibility index (Phi) is 10.3. The van der Waals surface area contributed by atoms with Gasteiger partial charge in [-0.25, -0.2) is 8.42 Å². The van der Waals surface area contributed by atoms with Crippen LogP contribution in [0.4, 0.5) is 5.69 Å². The third kappa shape index (κ3) is 7.88. The van der Waals surface area contributed by atoms with E-state index >= 15 is 0 Å². The Bertz CT molecular complexity index is 1430. The van der Waals surface area contributed by atoms with Crippen LogP contribution in [0.25, 0.3) is 0 Å². The third-order valence-corrected chi connectivity index (χ3v) is 8.58. The molecule has 0 fully saturated rings. The van der Waals surface area contributed by atoms with Crippen molar-refractivity contribution >= 4 is 62.3 Å². The SMILES string of the molecule is Cc1ccc(S(=O)(=O)N(CC(=O)N(Cc2ccc(Cl)cc2Cl)[C@@H](C)C(=O)NC(C)C)c2ccc(Cl)cc2)cc1. The highest BCUT2D eigenvalue weighted by atomic mass is 35.5. The van der Waals surface area contributed by atoms with E-state index in [0.717, 1.165) is 9.87 Å². The molecule has 3 aromatic rings. The van der Waals surface area contributed by atoms with Crippen molar-refractivity contribution in [3.8, 4) is 0 Å². The Balaban J connectivity index is 2.04. The molecule has 0 aliphatic rings. The summed E-state index contributed by atoms with van der Waals surface area (Å²) in [6, 6.07) is 16.2. The van der Waals surface area contributed by atoms with Crippen molar-refractivity contribution in [3.63, 3.8) is 0 Å². The smallest absolute Gasteiger partial charge is 0.264 e. The van der Waals surface area contributed by atoms with Gasteiger partial charge in [0.2, 0.25) is 11.8 Å². The number of carbonyl (C=O) groups excluding carboxylic acids is 2. The zero-order chi connectivity index (χ0) is 28.9. The first-order chi connectivity index (χ1) is 18.3. The van der Waals surface area contributed by atoms with Crippen LogP contribution < -0.4 is 9.62 Å². The molecule has 0 aliphatic carbocycles. The summed E-state index contributed by atoms with van der Waals surface area (Å²) in [5.41, 5.74) is 1.69. The van der Waals surface area contributed by atoms with Crippen molar-refractivity contribution in [2.75, 3.05) is 10.8 Å². The van der Waals surface area contributed by atoms with Gasteiger partial charge in [0.25, 0.3) is 10.0 Å². The molecule has 0 aliphatic heterocycles. The maximum atomic E-state index is 13.9. The Hall–Kier alpha value is -2.78. The number of nitrogens with one attached hydrogen (secondary N) is 1. The summed E-state index contributed by atoms with van der Waals surface area (Å²) < 4.78 is 28.6. The van der Waals surface area contributed by atoms with Crippen LogP contribution >= 0.6 is 34.8 Å². The Morgan fingerprint density at radius 3 is 2.03 bits per heavy atom. The van der Waals surface area contributed by atoms with Crippen molar-refractivity contribution in [1.29, 1.82) is 0 Å². The lowest BCUT2D eigenvalue weighted by atomic mass is 10.1. The number of amides is 2. The highest BCUT2D eigenvalue weighted by Crippen LogP contribution is 2.27. The molecule has 0 heterocycles. The molecule has 2 amide bonds. The van der Waals surface area contributed by atoms with Gasteiger partial charge in [-0.05, 0) is 81.8 Å². The molecule has 0 spiro atoms. The highest BCUT2D eigenvalue weighted by molar-refractivity contribution is 7.92. The van der Waals surface area contributed by atoms with Crippen molar-refractivity contribution in [1.82, 2.24) is 10.2 Å². The largest absolute Gasteiger partial charge is 0.352 e. The second kappa shape index (κ2) is 13.0. The maximum Gasteiger partial charge on any atom is 0.264 e. The molecule has 1 atom stereocenters. The molecule has 39 heavy (non-hydrogen) atoms. The Labute approximate surface area is 244 Å². The van der Waals surface area contributed by atoms with Gasteiger partial charge in [0.15, 0.2) is 0 Å². The lowest BCUT2D eigenvalue weighted by Crippen LogP contribution is -2.52. The second-order valence-corrected chi connectivity index (χ2v) is 12.5. The number of sulfonamides is 1. The van der Waals surface area contributed by atoms with E-state index in [0.29, 0.717) is 20.6 Å². The topological polar surface area (TPSA) is 86.8 Å². The van der Waals surface area contributed by atoms with E-state index in [1.165, 1.54) is 29.2 Å². The molecule has 7 nitrogen and oxygen atoms in total. The molecule has 0 unspecified atom stereocenters. The number of hydrogen-bond acceptors (Lipinski definition) is 4. The van der Waals surface area contributed by atoms with Gasteiger partial charge in [0, 0.05) is 27.7 Å². The van der Waals surface area contributed by atoms with E-state index in [-0.39, 0.29) is 29.1 Å². The molecule has 3 aromatic carbocycles. The van der Waals surface area contributed by atoms with Gasteiger partial charge < -0.3 is 10.2 Å². The van der Waals surface area contributed by atoms with E-state index in [1.54, 1.807) is 49.4 Å². The summed E-state index contributed by atoms with van der Waals surface area (Å²) in [5.74, 6) is -0.985. The minimum Gasteiger partial charge on any atom is -0.352 e. The summed E-state index contributed by atoms with van der Waals surface area (Å²) in [7, 11) is -4.17. The number of benzene rings is 3. The summed E-state index contributed by atoms with van der Waals surface area (Å²) in [6.45, 7) is 6.44. The van der Waals surface area contributed by atoms with Crippen LogP contribution in [0.5, 0.6) is 0 Å². The predicted molar refractivity (Wildman–Crippen MR) is 157 cm³/mol. The minimum atomic E-state index is -4.17. The van der Waals surface area contributed by atoms with Crippen LogP contribution in [0, 0.1) is 6.92 Å². The lowest BCUT2D eigenvalue weighted by molar-refractivity contribution is -0.139. The molecule has 1 N–H and O–H groups in total. The number of nitrogens with zero attached hydrogens (tertiary/aromatic N) is 2. The fourth-order valence-electron chi connectivity index (χ4n) is 3.79. The van der Waals surface area contributed by atoms with Crippen LogP contribution in [-0.2, 0) is 26.2 Å². The molecule has 0 saturated carbocycles. The first-order valence-corrected chi connectivity index (χ1v) is 14.8. The molecule has 3 rings (SSSR count). The fourth-order valence-corrected chi connectivity index (χ4v) is 5.80. The maximum absolute atomic E-state index is 13.9. The van der Waals surface area contributed by atoms with Gasteiger partial charge in [-0.15, -0.1) is 0 Å². The van der Waals surface area contributed by atoms with Crippen LogP contribution in [0.2, 0.25) is 15.1 Å². The highest BCUT2D eigenvalue weighted by Gasteiger charge is 2.33. The number of aryl methyl sites for hydroxylation is 1. The van der Waals surface area contributed by atoms with E-state index in [1.807, 2.05) is 20.8 Å². The van der Waals surface area contributed by atoms with Crippen LogP contribution in [-0.4, -0.2) is 43.8 Å². The second-order valence-electron chi connectivity index (χ2n) is 9.40. The summed E-state index contributed by atoms with van der Waals surface area (Å²) in [6.07, 6.45) is 0. The van der Waals surface area contributed by atoms with Gasteiger partial charge in [0.05, 0.1) is 10.6 Å². The molecular weight excluding hydrogens is 581 g/mol. The van der Waals surface area contributed by atoms with E-state index < -0.39 is 28.5 Å². The zero-order valence-corrected chi connectivity index (χ0v) is 25.1. The quantitative estimate of drug-likeness (QED) is 0.301. The monoisotopic (exact) mass is 609 g/mol. The zero-order valence-electron chi connectivity index (χ0n) is 22.0. The standard InChI is InChI=1S/C28H30Cl3N3O4S/c1-18(2)32-28(36)20(4)33(16-21-7-8-23(30)15-26(21)31)27(35)17-34(24-11-9-22(29)10-12-24)39(37,38)25-13-5-19(3)6-14-25/h5-15,18,20H,16-17H2,1-4H3,(H,32,36)/t20-/m0/s1.